The normalized spacial score (nSPS) is 12.5. The van der Waals surface area contributed by atoms with Gasteiger partial charge in [0.15, 0.2) is 6.10 Å². The maximum absolute atomic E-state index is 12.9. The summed E-state index contributed by atoms with van der Waals surface area (Å²) in [5.74, 6) is 1.70. The highest BCUT2D eigenvalue weighted by molar-refractivity contribution is 5.71. The van der Waals surface area contributed by atoms with Crippen molar-refractivity contribution in [2.75, 3.05) is 13.2 Å². The molecule has 404 valence electrons. The van der Waals surface area contributed by atoms with E-state index in [1.807, 2.05) is 0 Å². The molecule has 0 rings (SSSR count). The molecule has 68 heavy (non-hydrogen) atoms. The average molecular weight is 962 g/mol. The molecule has 0 saturated heterocycles. The fraction of sp³-hybridized carbons (Fsp3) is 0.952. The maximum Gasteiger partial charge on any atom is 0.306 e. The van der Waals surface area contributed by atoms with E-state index in [0.717, 1.165) is 75.5 Å². The zero-order valence-corrected chi connectivity index (χ0v) is 46.9. The first-order chi connectivity index (χ1) is 33.1. The Kier molecular flexibility index (Phi) is 52.0. The Balaban J connectivity index is 4.21. The molecule has 0 spiro atoms. The number of rotatable bonds is 55. The number of carbonyl (C=O) groups is 3. The highest BCUT2D eigenvalue weighted by Crippen LogP contribution is 2.19. The number of ether oxygens (including phenoxy) is 3. The SMILES string of the molecule is CCC(C)CCCCCCCCCCCCCCCCCCCCC(=O)O[C@@H](COC(=O)CCCCCCCCCCCCCCCCCC(C)C)COC(=O)CCCCCCCCCC(C)C. The molecule has 6 nitrogen and oxygen atoms in total. The lowest BCUT2D eigenvalue weighted by Crippen LogP contribution is -2.30. The van der Waals surface area contributed by atoms with Crippen molar-refractivity contribution in [3.63, 3.8) is 0 Å². The molecule has 0 bridgehead atoms. The van der Waals surface area contributed by atoms with Crippen molar-refractivity contribution < 1.29 is 28.6 Å². The minimum Gasteiger partial charge on any atom is -0.462 e. The zero-order valence-electron chi connectivity index (χ0n) is 46.9. The number of carbonyl (C=O) groups excluding carboxylic acids is 3. The van der Waals surface area contributed by atoms with Crippen molar-refractivity contribution in [3.8, 4) is 0 Å². The van der Waals surface area contributed by atoms with Crippen LogP contribution in [0, 0.1) is 17.8 Å². The fourth-order valence-corrected chi connectivity index (χ4v) is 9.50. The largest absolute Gasteiger partial charge is 0.462 e. The first kappa shape index (κ1) is 66.4. The Morgan fingerprint density at radius 2 is 0.515 bits per heavy atom. The van der Waals surface area contributed by atoms with Crippen molar-refractivity contribution in [1.29, 1.82) is 0 Å². The van der Waals surface area contributed by atoms with Crippen LogP contribution in [0.25, 0.3) is 0 Å². The Morgan fingerprint density at radius 3 is 0.765 bits per heavy atom. The molecule has 0 aliphatic carbocycles. The van der Waals surface area contributed by atoms with Crippen molar-refractivity contribution in [2.45, 2.75) is 349 Å². The van der Waals surface area contributed by atoms with Gasteiger partial charge in [-0.2, -0.15) is 0 Å². The van der Waals surface area contributed by atoms with Crippen LogP contribution in [0.1, 0.15) is 343 Å². The average Bonchev–Trinajstić information content (AvgIpc) is 3.31. The van der Waals surface area contributed by atoms with E-state index in [1.54, 1.807) is 0 Å². The molecule has 0 aromatic rings. The first-order valence-electron chi connectivity index (χ1n) is 30.6. The summed E-state index contributed by atoms with van der Waals surface area (Å²) < 4.78 is 16.9. The number of unbranched alkanes of at least 4 members (excludes halogenated alkanes) is 37. The maximum atomic E-state index is 12.9. The number of hydrogen-bond acceptors (Lipinski definition) is 6. The van der Waals surface area contributed by atoms with Gasteiger partial charge in [-0.05, 0) is 37.0 Å². The molecule has 0 heterocycles. The summed E-state index contributed by atoms with van der Waals surface area (Å²) >= 11 is 0. The van der Waals surface area contributed by atoms with Crippen LogP contribution in [0.2, 0.25) is 0 Å². The van der Waals surface area contributed by atoms with Gasteiger partial charge in [0.25, 0.3) is 0 Å². The van der Waals surface area contributed by atoms with Crippen LogP contribution >= 0.6 is 0 Å². The highest BCUT2D eigenvalue weighted by atomic mass is 16.6. The summed E-state index contributed by atoms with van der Waals surface area (Å²) in [7, 11) is 0. The van der Waals surface area contributed by atoms with Crippen molar-refractivity contribution in [1.82, 2.24) is 0 Å². The number of esters is 3. The van der Waals surface area contributed by atoms with E-state index in [-0.39, 0.29) is 31.1 Å². The molecule has 0 aromatic carbocycles. The zero-order chi connectivity index (χ0) is 49.8. The second-order valence-corrected chi connectivity index (χ2v) is 22.5. The van der Waals surface area contributed by atoms with Crippen molar-refractivity contribution in [2.24, 2.45) is 17.8 Å². The smallest absolute Gasteiger partial charge is 0.306 e. The first-order valence-corrected chi connectivity index (χ1v) is 30.6. The Morgan fingerprint density at radius 1 is 0.294 bits per heavy atom. The quantitative estimate of drug-likeness (QED) is 0.0343. The van der Waals surface area contributed by atoms with Gasteiger partial charge in [-0.3, -0.25) is 14.4 Å². The van der Waals surface area contributed by atoms with E-state index in [4.69, 9.17) is 14.2 Å². The van der Waals surface area contributed by atoms with Gasteiger partial charge < -0.3 is 14.2 Å². The van der Waals surface area contributed by atoms with Crippen molar-refractivity contribution >= 4 is 17.9 Å². The Labute approximate surface area is 425 Å². The molecule has 2 atom stereocenters. The summed E-state index contributed by atoms with van der Waals surface area (Å²) in [6.07, 6.45) is 56.8. The van der Waals surface area contributed by atoms with Gasteiger partial charge in [-0.1, -0.05) is 305 Å². The van der Waals surface area contributed by atoms with E-state index in [1.165, 1.54) is 225 Å². The second kappa shape index (κ2) is 53.2. The summed E-state index contributed by atoms with van der Waals surface area (Å²) in [5, 5.41) is 0. The third kappa shape index (κ3) is 53.8. The summed E-state index contributed by atoms with van der Waals surface area (Å²) in [4.78, 5) is 38.2. The predicted octanol–water partition coefficient (Wildman–Crippen LogP) is 20.3. The lowest BCUT2D eigenvalue weighted by molar-refractivity contribution is -0.167. The molecule has 0 aliphatic heterocycles. The predicted molar refractivity (Wildman–Crippen MR) is 293 cm³/mol. The molecule has 0 radical (unpaired) electrons. The van der Waals surface area contributed by atoms with Gasteiger partial charge in [-0.25, -0.2) is 0 Å². The summed E-state index contributed by atoms with van der Waals surface area (Å²) in [6, 6.07) is 0. The van der Waals surface area contributed by atoms with E-state index >= 15 is 0 Å². The van der Waals surface area contributed by atoms with Gasteiger partial charge in [0.2, 0.25) is 0 Å². The van der Waals surface area contributed by atoms with E-state index in [0.29, 0.717) is 19.3 Å². The Bertz CT molecular complexity index is 1060. The third-order valence-electron chi connectivity index (χ3n) is 14.5. The molecular weight excluding hydrogens is 841 g/mol. The van der Waals surface area contributed by atoms with Gasteiger partial charge in [0, 0.05) is 19.3 Å². The van der Waals surface area contributed by atoms with Crippen LogP contribution in [0.5, 0.6) is 0 Å². The van der Waals surface area contributed by atoms with Crippen LogP contribution in [0.3, 0.4) is 0 Å². The van der Waals surface area contributed by atoms with Crippen molar-refractivity contribution in [3.05, 3.63) is 0 Å². The lowest BCUT2D eigenvalue weighted by atomic mass is 9.99. The molecule has 0 aromatic heterocycles. The van der Waals surface area contributed by atoms with Gasteiger partial charge in [0.05, 0.1) is 0 Å². The van der Waals surface area contributed by atoms with Gasteiger partial charge in [-0.15, -0.1) is 0 Å². The van der Waals surface area contributed by atoms with Gasteiger partial charge in [0.1, 0.15) is 13.2 Å². The van der Waals surface area contributed by atoms with E-state index < -0.39 is 6.10 Å². The molecule has 0 fully saturated rings. The third-order valence-corrected chi connectivity index (χ3v) is 14.5. The van der Waals surface area contributed by atoms with Crippen LogP contribution in [-0.2, 0) is 28.6 Å². The van der Waals surface area contributed by atoms with Crippen LogP contribution in [0.15, 0.2) is 0 Å². The topological polar surface area (TPSA) is 78.9 Å². The minimum absolute atomic E-state index is 0.0637. The molecule has 0 aliphatic rings. The molecule has 0 N–H and O–H groups in total. The van der Waals surface area contributed by atoms with Crippen LogP contribution in [0.4, 0.5) is 0 Å². The molecular formula is C62H120O6. The molecule has 0 saturated carbocycles. The highest BCUT2D eigenvalue weighted by Gasteiger charge is 2.19. The summed E-state index contributed by atoms with van der Waals surface area (Å²) in [6.45, 7) is 13.8. The van der Waals surface area contributed by atoms with Crippen LogP contribution < -0.4 is 0 Å². The van der Waals surface area contributed by atoms with Gasteiger partial charge >= 0.3 is 17.9 Å². The number of hydrogen-bond donors (Lipinski definition) is 0. The molecule has 1 unspecified atom stereocenters. The summed E-state index contributed by atoms with van der Waals surface area (Å²) in [5.41, 5.74) is 0. The fourth-order valence-electron chi connectivity index (χ4n) is 9.50. The lowest BCUT2D eigenvalue weighted by Gasteiger charge is -2.18. The molecule has 6 heteroatoms. The Hall–Kier alpha value is -1.59. The van der Waals surface area contributed by atoms with E-state index in [2.05, 4.69) is 41.5 Å². The second-order valence-electron chi connectivity index (χ2n) is 22.5. The monoisotopic (exact) mass is 961 g/mol. The standard InChI is InChI=1S/C62H120O6/c1-7-58(6)50-44-38-32-26-22-18-14-10-8-9-11-15-20-24-28-34-41-47-53-62(65)68-59(55-67-61(64)52-46-40-35-29-31-37-43-49-57(4)5)54-66-60(63)51-45-39-33-27-23-19-16-12-13-17-21-25-30-36-42-48-56(2)3/h56-59H,7-55H2,1-6H3/t58?,59-/m0/s1. The van der Waals surface area contributed by atoms with Crippen LogP contribution in [-0.4, -0.2) is 37.2 Å². The molecule has 0 amide bonds. The minimum atomic E-state index is -0.764. The van der Waals surface area contributed by atoms with E-state index in [9.17, 15) is 14.4 Å².